The van der Waals surface area contributed by atoms with E-state index < -0.39 is 5.79 Å². The first-order valence-electron chi connectivity index (χ1n) is 8.90. The zero-order valence-electron chi connectivity index (χ0n) is 14.6. The van der Waals surface area contributed by atoms with Gasteiger partial charge in [0.2, 0.25) is 0 Å². The second-order valence-corrected chi connectivity index (χ2v) is 8.66. The van der Waals surface area contributed by atoms with Crippen molar-refractivity contribution in [3.63, 3.8) is 0 Å². The summed E-state index contributed by atoms with van der Waals surface area (Å²) in [6.07, 6.45) is 9.19. The lowest BCUT2D eigenvalue weighted by molar-refractivity contribution is -0.287. The summed E-state index contributed by atoms with van der Waals surface area (Å²) in [7, 11) is 0. The van der Waals surface area contributed by atoms with E-state index in [0.717, 1.165) is 24.8 Å². The summed E-state index contributed by atoms with van der Waals surface area (Å²) < 4.78 is 6.00. The van der Waals surface area contributed by atoms with Crippen molar-refractivity contribution < 1.29 is 14.9 Å². The van der Waals surface area contributed by atoms with Crippen molar-refractivity contribution in [3.8, 4) is 0 Å². The van der Waals surface area contributed by atoms with Crippen LogP contribution < -0.4 is 0 Å². The second kappa shape index (κ2) is 4.59. The van der Waals surface area contributed by atoms with E-state index in [2.05, 4.69) is 39.8 Å². The van der Waals surface area contributed by atoms with Crippen molar-refractivity contribution in [1.29, 1.82) is 0 Å². The van der Waals surface area contributed by atoms with E-state index in [9.17, 15) is 10.2 Å². The number of aliphatic hydroxyl groups is 2. The zero-order valence-corrected chi connectivity index (χ0v) is 14.6. The summed E-state index contributed by atoms with van der Waals surface area (Å²) >= 11 is 0. The van der Waals surface area contributed by atoms with Crippen molar-refractivity contribution in [3.05, 3.63) is 34.9 Å². The molecule has 0 spiro atoms. The maximum Gasteiger partial charge on any atom is 0.192 e. The first-order valence-corrected chi connectivity index (χ1v) is 8.90. The Labute approximate surface area is 138 Å². The van der Waals surface area contributed by atoms with Gasteiger partial charge in [0.25, 0.3) is 0 Å². The molecule has 1 saturated heterocycles. The van der Waals surface area contributed by atoms with Crippen LogP contribution in [-0.2, 0) is 4.74 Å². The van der Waals surface area contributed by atoms with E-state index in [1.807, 2.05) is 0 Å². The van der Waals surface area contributed by atoms with Crippen LogP contribution in [0.3, 0.4) is 0 Å². The van der Waals surface area contributed by atoms with Crippen LogP contribution in [0, 0.1) is 22.7 Å². The van der Waals surface area contributed by atoms with E-state index in [4.69, 9.17) is 4.74 Å². The third-order valence-electron chi connectivity index (χ3n) is 7.03. The van der Waals surface area contributed by atoms with Gasteiger partial charge in [-0.2, -0.15) is 0 Å². The first kappa shape index (κ1) is 15.6. The Balaban J connectivity index is 1.86. The van der Waals surface area contributed by atoms with Gasteiger partial charge in [0.05, 0.1) is 12.7 Å². The van der Waals surface area contributed by atoms with Crippen molar-refractivity contribution in [2.24, 2.45) is 22.7 Å². The van der Waals surface area contributed by atoms with E-state index in [0.29, 0.717) is 11.8 Å². The number of allylic oxidation sites excluding steroid dienone is 4. The quantitative estimate of drug-likeness (QED) is 0.768. The molecule has 2 fully saturated rings. The highest BCUT2D eigenvalue weighted by atomic mass is 16.6. The molecule has 5 atom stereocenters. The van der Waals surface area contributed by atoms with Gasteiger partial charge in [-0.05, 0) is 48.3 Å². The van der Waals surface area contributed by atoms with Gasteiger partial charge in [-0.25, -0.2) is 0 Å². The van der Waals surface area contributed by atoms with Crippen molar-refractivity contribution in [1.82, 2.24) is 0 Å². The molecule has 0 aromatic rings. The fourth-order valence-corrected chi connectivity index (χ4v) is 5.45. The third-order valence-corrected chi connectivity index (χ3v) is 7.03. The van der Waals surface area contributed by atoms with Crippen LogP contribution in [0.1, 0.15) is 47.0 Å². The number of aliphatic hydroxyl groups excluding tert-OH is 1. The van der Waals surface area contributed by atoms with E-state index in [-0.39, 0.29) is 23.5 Å². The second-order valence-electron chi connectivity index (χ2n) is 8.66. The van der Waals surface area contributed by atoms with Gasteiger partial charge >= 0.3 is 0 Å². The highest BCUT2D eigenvalue weighted by Gasteiger charge is 2.64. The van der Waals surface area contributed by atoms with Gasteiger partial charge in [0.1, 0.15) is 0 Å². The molecule has 3 nitrogen and oxygen atoms in total. The average molecular weight is 316 g/mol. The third kappa shape index (κ3) is 1.82. The summed E-state index contributed by atoms with van der Waals surface area (Å²) in [5.74, 6) is -0.443. The Morgan fingerprint density at radius 1 is 1.30 bits per heavy atom. The molecule has 1 saturated carbocycles. The molecule has 3 heteroatoms. The lowest BCUT2D eigenvalue weighted by atomic mass is 9.52. The summed E-state index contributed by atoms with van der Waals surface area (Å²) in [5, 5.41) is 20.9. The van der Waals surface area contributed by atoms with Crippen molar-refractivity contribution in [2.75, 3.05) is 6.61 Å². The number of hydrogen-bond donors (Lipinski definition) is 2. The number of rotatable bonds is 2. The molecule has 2 unspecified atom stereocenters. The first-order chi connectivity index (χ1) is 10.7. The minimum absolute atomic E-state index is 0.0264. The van der Waals surface area contributed by atoms with Crippen LogP contribution in [0.25, 0.3) is 0 Å². The van der Waals surface area contributed by atoms with Crippen LogP contribution in [0.5, 0.6) is 0 Å². The predicted molar refractivity (Wildman–Crippen MR) is 89.6 cm³/mol. The molecular weight excluding hydrogens is 288 g/mol. The molecule has 2 heterocycles. The molecule has 126 valence electrons. The molecular formula is C20H28O3. The molecule has 2 N–H and O–H groups in total. The van der Waals surface area contributed by atoms with Crippen LogP contribution in [0.4, 0.5) is 0 Å². The Bertz CT molecular complexity index is 643. The predicted octanol–water partition coefficient (Wildman–Crippen LogP) is 3.34. The zero-order chi connectivity index (χ0) is 16.6. The normalized spacial score (nSPS) is 47.9. The molecule has 4 rings (SSSR count). The van der Waals surface area contributed by atoms with Gasteiger partial charge in [0, 0.05) is 10.8 Å². The minimum Gasteiger partial charge on any atom is -0.392 e. The number of fused-ring (bicyclic) bond motifs is 6. The smallest absolute Gasteiger partial charge is 0.192 e. The van der Waals surface area contributed by atoms with E-state index in [1.165, 1.54) is 11.1 Å². The van der Waals surface area contributed by atoms with Crippen molar-refractivity contribution >= 4 is 0 Å². The monoisotopic (exact) mass is 316 g/mol. The summed E-state index contributed by atoms with van der Waals surface area (Å²) in [6.45, 7) is 9.00. The van der Waals surface area contributed by atoms with Gasteiger partial charge in [-0.15, -0.1) is 0 Å². The number of ether oxygens (including phenoxy) is 1. The van der Waals surface area contributed by atoms with E-state index in [1.54, 1.807) is 6.08 Å². The van der Waals surface area contributed by atoms with Crippen molar-refractivity contribution in [2.45, 2.75) is 58.8 Å². The van der Waals surface area contributed by atoms with Gasteiger partial charge in [-0.3, -0.25) is 0 Å². The topological polar surface area (TPSA) is 49.7 Å². The molecule has 4 aliphatic rings. The van der Waals surface area contributed by atoms with Gasteiger partial charge < -0.3 is 14.9 Å². The Morgan fingerprint density at radius 2 is 2.04 bits per heavy atom. The molecule has 2 aliphatic carbocycles. The highest BCUT2D eigenvalue weighted by molar-refractivity contribution is 5.47. The molecule has 2 aliphatic heterocycles. The standard InChI is InChI=1S/C20H28O3/c1-12(2)14-5-6-18(3)7-8-19(4)15(17(14)18)9-16-13(11-21)10-20(19,22)23-16/h5-6,10,12,15-16,21-22H,7-9,11H2,1-4H3/t15-,16?,18-,19-,20?/m1/s1. The minimum atomic E-state index is -1.24. The van der Waals surface area contributed by atoms with Crippen LogP contribution in [0.15, 0.2) is 34.9 Å². The summed E-state index contributed by atoms with van der Waals surface area (Å²) in [5.41, 5.74) is 3.61. The SMILES string of the molecule is CC(C)C1=C2[C@H]3CC4OC(O)(C=C4CO)[C@]3(C)CC[C@@]2(C)C=C1. The maximum atomic E-state index is 11.3. The Morgan fingerprint density at radius 3 is 2.70 bits per heavy atom. The molecule has 0 aromatic carbocycles. The van der Waals surface area contributed by atoms with E-state index >= 15 is 0 Å². The average Bonchev–Trinajstić information content (AvgIpc) is 2.98. The molecule has 23 heavy (non-hydrogen) atoms. The maximum absolute atomic E-state index is 11.3. The molecule has 0 aromatic heterocycles. The number of hydrogen-bond acceptors (Lipinski definition) is 3. The Kier molecular flexibility index (Phi) is 3.12. The molecule has 0 amide bonds. The fraction of sp³-hybridized carbons (Fsp3) is 0.700. The van der Waals surface area contributed by atoms with Gasteiger partial charge in [0.15, 0.2) is 5.79 Å². The van der Waals surface area contributed by atoms with Crippen LogP contribution in [0.2, 0.25) is 0 Å². The lowest BCUT2D eigenvalue weighted by Gasteiger charge is -2.57. The van der Waals surface area contributed by atoms with Gasteiger partial charge in [-0.1, -0.05) is 45.4 Å². The molecule has 2 bridgehead atoms. The van der Waals surface area contributed by atoms with Crippen LogP contribution >= 0.6 is 0 Å². The fourth-order valence-electron chi connectivity index (χ4n) is 5.45. The van der Waals surface area contributed by atoms with Crippen LogP contribution in [-0.4, -0.2) is 28.7 Å². The largest absolute Gasteiger partial charge is 0.392 e. The highest BCUT2D eigenvalue weighted by Crippen LogP contribution is 2.66. The molecule has 0 radical (unpaired) electrons. The summed E-state index contributed by atoms with van der Waals surface area (Å²) in [4.78, 5) is 0. The summed E-state index contributed by atoms with van der Waals surface area (Å²) in [6, 6.07) is 0. The lowest BCUT2D eigenvalue weighted by Crippen LogP contribution is -2.58. The Hall–Kier alpha value is -0.900.